The number of methoxy groups -OCH3 is 1. The lowest BCUT2D eigenvalue weighted by Gasteiger charge is -2.07. The molecule has 76 valence electrons. The van der Waals surface area contributed by atoms with Gasteiger partial charge in [0.05, 0.1) is 7.11 Å². The summed E-state index contributed by atoms with van der Waals surface area (Å²) in [4.78, 5) is 0.200. The summed E-state index contributed by atoms with van der Waals surface area (Å²) in [5.41, 5.74) is 0.828. The van der Waals surface area contributed by atoms with Gasteiger partial charge in [-0.1, -0.05) is 18.7 Å². The lowest BCUT2D eigenvalue weighted by Crippen LogP contribution is -2.00. The molecule has 0 spiro atoms. The van der Waals surface area contributed by atoms with Crippen molar-refractivity contribution in [2.45, 2.75) is 4.90 Å². The smallest absolute Gasteiger partial charge is 0.179 e. The topological polar surface area (TPSA) is 43.4 Å². The number of sulfone groups is 1. The summed E-state index contributed by atoms with van der Waals surface area (Å²) in [5, 5.41) is 0. The first-order chi connectivity index (χ1) is 6.49. The molecule has 1 aromatic rings. The summed E-state index contributed by atoms with van der Waals surface area (Å²) in [6, 6.07) is 4.85. The second kappa shape index (κ2) is 3.84. The number of ether oxygens (including phenoxy) is 1. The summed E-state index contributed by atoms with van der Waals surface area (Å²) in [5.74, 6) is 0.352. The van der Waals surface area contributed by atoms with Crippen molar-refractivity contribution in [3.8, 4) is 5.75 Å². The van der Waals surface area contributed by atoms with Crippen molar-refractivity contribution in [1.29, 1.82) is 0 Å². The molecule has 0 unspecified atom stereocenters. The van der Waals surface area contributed by atoms with E-state index in [1.54, 1.807) is 18.2 Å². The predicted molar refractivity (Wildman–Crippen MR) is 56.2 cm³/mol. The van der Waals surface area contributed by atoms with Crippen LogP contribution in [0.1, 0.15) is 5.56 Å². The molecule has 0 aromatic heterocycles. The highest BCUT2D eigenvalue weighted by atomic mass is 32.2. The average Bonchev–Trinajstić information content (AvgIpc) is 2.15. The molecule has 3 nitrogen and oxygen atoms in total. The Morgan fingerprint density at radius 1 is 1.43 bits per heavy atom. The van der Waals surface area contributed by atoms with Gasteiger partial charge in [-0.05, 0) is 17.7 Å². The normalized spacial score (nSPS) is 11.0. The third kappa shape index (κ3) is 2.14. The van der Waals surface area contributed by atoms with Gasteiger partial charge in [0.1, 0.15) is 10.6 Å². The Hall–Kier alpha value is -1.29. The van der Waals surface area contributed by atoms with Gasteiger partial charge in [-0.2, -0.15) is 0 Å². The van der Waals surface area contributed by atoms with Gasteiger partial charge < -0.3 is 4.74 Å². The van der Waals surface area contributed by atoms with Crippen molar-refractivity contribution in [2.24, 2.45) is 0 Å². The quantitative estimate of drug-likeness (QED) is 0.766. The van der Waals surface area contributed by atoms with Gasteiger partial charge in [0, 0.05) is 6.26 Å². The number of rotatable bonds is 3. The maximum absolute atomic E-state index is 11.3. The average molecular weight is 212 g/mol. The first-order valence-corrected chi connectivity index (χ1v) is 5.88. The molecule has 0 fully saturated rings. The maximum atomic E-state index is 11.3. The summed E-state index contributed by atoms with van der Waals surface area (Å²) >= 11 is 0. The van der Waals surface area contributed by atoms with Crippen LogP contribution in [0.25, 0.3) is 6.08 Å². The highest BCUT2D eigenvalue weighted by Crippen LogP contribution is 2.25. The number of benzene rings is 1. The van der Waals surface area contributed by atoms with E-state index < -0.39 is 9.84 Å². The van der Waals surface area contributed by atoms with E-state index in [4.69, 9.17) is 4.74 Å². The van der Waals surface area contributed by atoms with Crippen LogP contribution < -0.4 is 4.74 Å². The first kappa shape index (κ1) is 10.8. The van der Waals surface area contributed by atoms with E-state index >= 15 is 0 Å². The van der Waals surface area contributed by atoms with Crippen LogP contribution >= 0.6 is 0 Å². The molecule has 14 heavy (non-hydrogen) atoms. The molecule has 0 aliphatic carbocycles. The monoisotopic (exact) mass is 212 g/mol. The third-order valence-corrected chi connectivity index (χ3v) is 2.96. The summed E-state index contributed by atoms with van der Waals surface area (Å²) < 4.78 is 27.6. The van der Waals surface area contributed by atoms with E-state index in [1.807, 2.05) is 0 Å². The molecule has 0 radical (unpaired) electrons. The van der Waals surface area contributed by atoms with E-state index in [-0.39, 0.29) is 4.90 Å². The molecule has 0 bridgehead atoms. The van der Waals surface area contributed by atoms with Gasteiger partial charge in [0.15, 0.2) is 9.84 Å². The van der Waals surface area contributed by atoms with E-state index in [2.05, 4.69) is 6.58 Å². The summed E-state index contributed by atoms with van der Waals surface area (Å²) in [6.07, 6.45) is 2.78. The highest BCUT2D eigenvalue weighted by Gasteiger charge is 2.13. The highest BCUT2D eigenvalue weighted by molar-refractivity contribution is 7.90. The second-order valence-corrected chi connectivity index (χ2v) is 4.87. The van der Waals surface area contributed by atoms with Crippen LogP contribution in [0.4, 0.5) is 0 Å². The lowest BCUT2D eigenvalue weighted by molar-refractivity contribution is 0.403. The molecule has 1 aromatic carbocycles. The Labute approximate surface area is 83.9 Å². The van der Waals surface area contributed by atoms with Crippen molar-refractivity contribution in [3.05, 3.63) is 30.3 Å². The van der Waals surface area contributed by atoms with Gasteiger partial charge in [0.2, 0.25) is 0 Å². The minimum atomic E-state index is -3.23. The maximum Gasteiger partial charge on any atom is 0.179 e. The van der Waals surface area contributed by atoms with Crippen molar-refractivity contribution in [2.75, 3.05) is 13.4 Å². The molecule has 1 rings (SSSR count). The zero-order valence-electron chi connectivity index (χ0n) is 8.15. The molecule has 0 aliphatic rings. The van der Waals surface area contributed by atoms with Crippen LogP contribution in [0.2, 0.25) is 0 Å². The Morgan fingerprint density at radius 2 is 2.07 bits per heavy atom. The summed E-state index contributed by atoms with van der Waals surface area (Å²) in [6.45, 7) is 3.59. The Bertz CT molecular complexity index is 446. The number of hydrogen-bond donors (Lipinski definition) is 0. The minimum absolute atomic E-state index is 0.200. The van der Waals surface area contributed by atoms with Crippen molar-refractivity contribution < 1.29 is 13.2 Å². The van der Waals surface area contributed by atoms with Crippen LogP contribution in [-0.4, -0.2) is 21.8 Å². The van der Waals surface area contributed by atoms with Crippen LogP contribution in [0.5, 0.6) is 5.75 Å². The van der Waals surface area contributed by atoms with Crippen LogP contribution in [0.3, 0.4) is 0 Å². The second-order valence-electron chi connectivity index (χ2n) is 2.89. The fourth-order valence-electron chi connectivity index (χ4n) is 1.12. The SMILES string of the molecule is C=Cc1ccc(S(C)(=O)=O)c(OC)c1. The Balaban J connectivity index is 3.40. The summed E-state index contributed by atoms with van der Waals surface area (Å²) in [7, 11) is -1.79. The van der Waals surface area contributed by atoms with Crippen molar-refractivity contribution in [3.63, 3.8) is 0 Å². The molecule has 0 saturated heterocycles. The van der Waals surface area contributed by atoms with Gasteiger partial charge in [0.25, 0.3) is 0 Å². The van der Waals surface area contributed by atoms with Crippen LogP contribution in [-0.2, 0) is 9.84 Å². The molecule has 4 heteroatoms. The van der Waals surface area contributed by atoms with E-state index in [1.165, 1.54) is 13.2 Å². The van der Waals surface area contributed by atoms with Crippen molar-refractivity contribution >= 4 is 15.9 Å². The number of hydrogen-bond acceptors (Lipinski definition) is 3. The lowest BCUT2D eigenvalue weighted by atomic mass is 10.2. The minimum Gasteiger partial charge on any atom is -0.495 e. The molecule has 0 aliphatic heterocycles. The van der Waals surface area contributed by atoms with E-state index in [0.29, 0.717) is 5.75 Å². The molecule has 0 saturated carbocycles. The predicted octanol–water partition coefficient (Wildman–Crippen LogP) is 1.74. The van der Waals surface area contributed by atoms with E-state index in [9.17, 15) is 8.42 Å². The largest absolute Gasteiger partial charge is 0.495 e. The Kier molecular flexibility index (Phi) is 2.96. The molecule has 0 amide bonds. The van der Waals surface area contributed by atoms with Crippen molar-refractivity contribution in [1.82, 2.24) is 0 Å². The zero-order chi connectivity index (χ0) is 10.8. The Morgan fingerprint density at radius 3 is 2.50 bits per heavy atom. The fourth-order valence-corrected chi connectivity index (χ4v) is 1.94. The molecular weight excluding hydrogens is 200 g/mol. The standard InChI is InChI=1S/C10H12O3S/c1-4-8-5-6-10(14(3,11)12)9(7-8)13-2/h4-7H,1H2,2-3H3. The van der Waals surface area contributed by atoms with Gasteiger partial charge in [-0.25, -0.2) is 8.42 Å². The van der Waals surface area contributed by atoms with Gasteiger partial charge >= 0.3 is 0 Å². The van der Waals surface area contributed by atoms with Crippen LogP contribution in [0.15, 0.2) is 29.7 Å². The molecule has 0 N–H and O–H groups in total. The first-order valence-electron chi connectivity index (χ1n) is 3.99. The fraction of sp³-hybridized carbons (Fsp3) is 0.200. The molecular formula is C10H12O3S. The molecule has 0 heterocycles. The van der Waals surface area contributed by atoms with Gasteiger partial charge in [-0.3, -0.25) is 0 Å². The third-order valence-electron chi connectivity index (χ3n) is 1.82. The van der Waals surface area contributed by atoms with Gasteiger partial charge in [-0.15, -0.1) is 0 Å². The van der Waals surface area contributed by atoms with E-state index in [0.717, 1.165) is 11.8 Å². The zero-order valence-corrected chi connectivity index (χ0v) is 8.97. The molecule has 0 atom stereocenters. The van der Waals surface area contributed by atoms with Crippen LogP contribution in [0, 0.1) is 0 Å².